The lowest BCUT2D eigenvalue weighted by molar-refractivity contribution is 0.581. The van der Waals surface area contributed by atoms with E-state index in [9.17, 15) is 0 Å². The lowest BCUT2D eigenvalue weighted by atomic mass is 9.99. The van der Waals surface area contributed by atoms with Crippen LogP contribution in [0.15, 0.2) is 55.1 Å². The Bertz CT molecular complexity index is 500. The van der Waals surface area contributed by atoms with Gasteiger partial charge >= 0.3 is 0 Å². The van der Waals surface area contributed by atoms with E-state index in [1.165, 1.54) is 16.3 Å². The summed E-state index contributed by atoms with van der Waals surface area (Å²) in [6.07, 6.45) is 1.85. The van der Waals surface area contributed by atoms with Crippen molar-refractivity contribution >= 4 is 10.8 Å². The van der Waals surface area contributed by atoms with Gasteiger partial charge in [-0.3, -0.25) is 0 Å². The van der Waals surface area contributed by atoms with Gasteiger partial charge in [0.2, 0.25) is 0 Å². The maximum absolute atomic E-state index is 5.84. The van der Waals surface area contributed by atoms with Gasteiger partial charge in [0, 0.05) is 19.1 Å². The Labute approximate surface area is 102 Å². The maximum Gasteiger partial charge on any atom is 0.0453 e. The normalized spacial score (nSPS) is 12.5. The van der Waals surface area contributed by atoms with Crippen LogP contribution in [-0.4, -0.2) is 13.1 Å². The van der Waals surface area contributed by atoms with Gasteiger partial charge in [-0.15, -0.1) is 6.58 Å². The largest absolute Gasteiger partial charge is 0.329 e. The molecule has 1 unspecified atom stereocenters. The minimum absolute atomic E-state index is 0.180. The molecule has 2 aromatic rings. The molecule has 2 rings (SSSR count). The predicted octanol–water partition coefficient (Wildman–Crippen LogP) is 2.62. The van der Waals surface area contributed by atoms with E-state index in [2.05, 4.69) is 54.4 Å². The van der Waals surface area contributed by atoms with Gasteiger partial charge in [0.1, 0.15) is 0 Å². The van der Waals surface area contributed by atoms with Gasteiger partial charge in [-0.25, -0.2) is 0 Å². The number of fused-ring (bicyclic) bond motifs is 1. The van der Waals surface area contributed by atoms with Gasteiger partial charge in [0.05, 0.1) is 0 Å². The molecule has 0 saturated heterocycles. The van der Waals surface area contributed by atoms with Crippen LogP contribution in [0.25, 0.3) is 10.8 Å². The summed E-state index contributed by atoms with van der Waals surface area (Å²) >= 11 is 0. The third kappa shape index (κ3) is 2.54. The molecule has 0 amide bonds. The summed E-state index contributed by atoms with van der Waals surface area (Å²) in [5, 5.41) is 5.90. The molecule has 88 valence electrons. The summed E-state index contributed by atoms with van der Waals surface area (Å²) in [5.74, 6) is 0. The summed E-state index contributed by atoms with van der Waals surface area (Å²) in [6.45, 7) is 5.07. The summed E-state index contributed by atoms with van der Waals surface area (Å²) in [6, 6.07) is 14.9. The van der Waals surface area contributed by atoms with Crippen LogP contribution in [0.1, 0.15) is 11.6 Å². The molecule has 0 bridgehead atoms. The maximum atomic E-state index is 5.84. The van der Waals surface area contributed by atoms with E-state index in [4.69, 9.17) is 5.73 Å². The van der Waals surface area contributed by atoms with Gasteiger partial charge < -0.3 is 11.1 Å². The number of rotatable bonds is 5. The first-order chi connectivity index (χ1) is 8.36. The van der Waals surface area contributed by atoms with E-state index in [0.29, 0.717) is 6.54 Å². The molecule has 0 aliphatic rings. The first-order valence-electron chi connectivity index (χ1n) is 5.89. The second-order valence-corrected chi connectivity index (χ2v) is 4.05. The monoisotopic (exact) mass is 226 g/mol. The summed E-state index contributed by atoms with van der Waals surface area (Å²) in [4.78, 5) is 0. The van der Waals surface area contributed by atoms with Crippen molar-refractivity contribution in [2.75, 3.05) is 13.1 Å². The van der Waals surface area contributed by atoms with Gasteiger partial charge in [0.25, 0.3) is 0 Å². The Hall–Kier alpha value is -1.64. The van der Waals surface area contributed by atoms with Crippen molar-refractivity contribution in [3.8, 4) is 0 Å². The third-order valence-electron chi connectivity index (χ3n) is 2.94. The molecule has 1 atom stereocenters. The number of nitrogens with one attached hydrogen (secondary N) is 1. The van der Waals surface area contributed by atoms with Crippen LogP contribution in [0, 0.1) is 0 Å². The molecule has 2 aromatic carbocycles. The molecule has 0 aliphatic carbocycles. The van der Waals surface area contributed by atoms with Gasteiger partial charge in [-0.1, -0.05) is 48.5 Å². The van der Waals surface area contributed by atoms with E-state index in [-0.39, 0.29) is 6.04 Å². The highest BCUT2D eigenvalue weighted by Crippen LogP contribution is 2.23. The van der Waals surface area contributed by atoms with Crippen molar-refractivity contribution in [1.29, 1.82) is 0 Å². The fourth-order valence-electron chi connectivity index (χ4n) is 2.10. The second kappa shape index (κ2) is 5.62. The Morgan fingerprint density at radius 2 is 1.94 bits per heavy atom. The van der Waals surface area contributed by atoms with E-state index >= 15 is 0 Å². The van der Waals surface area contributed by atoms with E-state index in [1.54, 1.807) is 0 Å². The number of hydrogen-bond donors (Lipinski definition) is 2. The highest BCUT2D eigenvalue weighted by atomic mass is 14.9. The Morgan fingerprint density at radius 1 is 1.18 bits per heavy atom. The Kier molecular flexibility index (Phi) is 3.91. The molecule has 17 heavy (non-hydrogen) atoms. The molecule has 0 aromatic heterocycles. The van der Waals surface area contributed by atoms with Gasteiger partial charge in [0.15, 0.2) is 0 Å². The van der Waals surface area contributed by atoms with Crippen molar-refractivity contribution < 1.29 is 0 Å². The smallest absolute Gasteiger partial charge is 0.0453 e. The van der Waals surface area contributed by atoms with Crippen molar-refractivity contribution in [3.63, 3.8) is 0 Å². The van der Waals surface area contributed by atoms with Crippen molar-refractivity contribution in [3.05, 3.63) is 60.7 Å². The van der Waals surface area contributed by atoms with Crippen molar-refractivity contribution in [1.82, 2.24) is 5.32 Å². The van der Waals surface area contributed by atoms with Crippen LogP contribution in [-0.2, 0) is 0 Å². The zero-order valence-electron chi connectivity index (χ0n) is 9.89. The zero-order valence-corrected chi connectivity index (χ0v) is 9.89. The molecular weight excluding hydrogens is 208 g/mol. The molecule has 2 nitrogen and oxygen atoms in total. The van der Waals surface area contributed by atoms with Crippen LogP contribution < -0.4 is 11.1 Å². The predicted molar refractivity (Wildman–Crippen MR) is 73.9 cm³/mol. The van der Waals surface area contributed by atoms with Crippen LogP contribution in [0.2, 0.25) is 0 Å². The van der Waals surface area contributed by atoms with Gasteiger partial charge in [-0.05, 0) is 16.3 Å². The van der Waals surface area contributed by atoms with Crippen LogP contribution >= 0.6 is 0 Å². The SMILES string of the molecule is C=CCNC(CN)c1cccc2ccccc12. The Balaban J connectivity index is 2.42. The second-order valence-electron chi connectivity index (χ2n) is 4.05. The summed E-state index contributed by atoms with van der Waals surface area (Å²) < 4.78 is 0. The summed E-state index contributed by atoms with van der Waals surface area (Å²) in [7, 11) is 0. The standard InChI is InChI=1S/C15H18N2/c1-2-10-17-15(11-16)14-9-5-7-12-6-3-4-8-13(12)14/h2-9,15,17H,1,10-11,16H2. The number of nitrogens with two attached hydrogens (primary N) is 1. The molecule has 0 spiro atoms. The molecule has 0 saturated carbocycles. The highest BCUT2D eigenvalue weighted by molar-refractivity contribution is 5.86. The van der Waals surface area contributed by atoms with E-state index < -0.39 is 0 Å². The molecule has 3 N–H and O–H groups in total. The van der Waals surface area contributed by atoms with E-state index in [1.807, 2.05) is 6.08 Å². The first kappa shape index (κ1) is 11.8. The van der Waals surface area contributed by atoms with Crippen LogP contribution in [0.5, 0.6) is 0 Å². The number of benzene rings is 2. The quantitative estimate of drug-likeness (QED) is 0.769. The molecule has 0 fully saturated rings. The summed E-state index contributed by atoms with van der Waals surface area (Å²) in [5.41, 5.74) is 7.10. The topological polar surface area (TPSA) is 38.0 Å². The lowest BCUT2D eigenvalue weighted by Crippen LogP contribution is -2.28. The molecule has 0 heterocycles. The molecular formula is C15H18N2. The minimum atomic E-state index is 0.180. The zero-order chi connectivity index (χ0) is 12.1. The minimum Gasteiger partial charge on any atom is -0.329 e. The lowest BCUT2D eigenvalue weighted by Gasteiger charge is -2.18. The fourth-order valence-corrected chi connectivity index (χ4v) is 2.10. The Morgan fingerprint density at radius 3 is 2.71 bits per heavy atom. The van der Waals surface area contributed by atoms with Crippen molar-refractivity contribution in [2.45, 2.75) is 6.04 Å². The average Bonchev–Trinajstić information content (AvgIpc) is 2.40. The van der Waals surface area contributed by atoms with Crippen LogP contribution in [0.4, 0.5) is 0 Å². The first-order valence-corrected chi connectivity index (χ1v) is 5.89. The molecule has 0 radical (unpaired) electrons. The van der Waals surface area contributed by atoms with E-state index in [0.717, 1.165) is 6.54 Å². The van der Waals surface area contributed by atoms with Crippen molar-refractivity contribution in [2.24, 2.45) is 5.73 Å². The van der Waals surface area contributed by atoms with Crippen LogP contribution in [0.3, 0.4) is 0 Å². The number of hydrogen-bond acceptors (Lipinski definition) is 2. The molecule has 0 aliphatic heterocycles. The molecule has 2 heteroatoms. The van der Waals surface area contributed by atoms with Gasteiger partial charge in [-0.2, -0.15) is 0 Å². The highest BCUT2D eigenvalue weighted by Gasteiger charge is 2.10. The fraction of sp³-hybridized carbons (Fsp3) is 0.200. The third-order valence-corrected chi connectivity index (χ3v) is 2.94. The average molecular weight is 226 g/mol.